The molecule has 1 aromatic carbocycles. The zero-order valence-electron chi connectivity index (χ0n) is 24.2. The fraction of sp³-hybridized carbons (Fsp3) is 0.484. The van der Waals surface area contributed by atoms with Gasteiger partial charge in [0.25, 0.3) is 5.91 Å². The first-order valence-corrected chi connectivity index (χ1v) is 18.4. The zero-order valence-corrected chi connectivity index (χ0v) is 26.8. The van der Waals surface area contributed by atoms with Gasteiger partial charge in [-0.2, -0.15) is 0 Å². The Morgan fingerprint density at radius 1 is 1.02 bits per heavy atom. The second-order valence-corrected chi connectivity index (χ2v) is 15.2. The summed E-state index contributed by atoms with van der Waals surface area (Å²) < 4.78 is 6.13. The number of rotatable bonds is 9. The standard InChI is InChI=1S/C31H38N3O5PS2/c1-19-4-6-21(7-5-19)30(36)34(23-12-14-24(15-13-23)39-40(2)3)26-16-27(42-28(26)31(37)38)20-8-10-22(11-9-20)33-29(35)25-17-41-18-32-25/h8-11,16-19,21,23-24H,4-7,12-15H2,1-3H3,(H,33,35)(H,37,38)/t19-,21-,23-,24-. The van der Waals surface area contributed by atoms with Crippen LogP contribution in [0, 0.1) is 11.8 Å². The van der Waals surface area contributed by atoms with Gasteiger partial charge in [0.15, 0.2) is 0 Å². The summed E-state index contributed by atoms with van der Waals surface area (Å²) in [4.78, 5) is 46.0. The molecule has 0 saturated heterocycles. The number of amides is 2. The first kappa shape index (κ1) is 30.8. The molecule has 3 aromatic rings. The molecular weight excluding hydrogens is 589 g/mol. The van der Waals surface area contributed by atoms with Crippen LogP contribution in [0.25, 0.3) is 10.4 Å². The molecule has 0 radical (unpaired) electrons. The highest BCUT2D eigenvalue weighted by Crippen LogP contribution is 2.43. The zero-order chi connectivity index (χ0) is 29.8. The van der Waals surface area contributed by atoms with E-state index in [1.54, 1.807) is 23.0 Å². The molecule has 2 amide bonds. The molecule has 0 spiro atoms. The summed E-state index contributed by atoms with van der Waals surface area (Å²) in [5, 5.41) is 14.8. The molecule has 2 aliphatic carbocycles. The van der Waals surface area contributed by atoms with Crippen molar-refractivity contribution in [2.45, 2.75) is 70.4 Å². The Hall–Kier alpha value is -2.65. The van der Waals surface area contributed by atoms with Crippen molar-refractivity contribution in [3.8, 4) is 10.4 Å². The predicted octanol–water partition coefficient (Wildman–Crippen LogP) is 7.97. The van der Waals surface area contributed by atoms with Gasteiger partial charge in [-0.05, 0) is 94.4 Å². The third kappa shape index (κ3) is 7.28. The minimum Gasteiger partial charge on any atom is -0.477 e. The number of carbonyl (C=O) groups excluding carboxylic acids is 2. The fourth-order valence-electron chi connectivity index (χ4n) is 6.00. The molecule has 0 atom stereocenters. The second-order valence-electron chi connectivity index (χ2n) is 11.5. The summed E-state index contributed by atoms with van der Waals surface area (Å²) in [6.45, 7) is 6.45. The van der Waals surface area contributed by atoms with Crippen LogP contribution in [0.5, 0.6) is 0 Å². The molecule has 2 aromatic heterocycles. The number of thiazole rings is 1. The van der Waals surface area contributed by atoms with Crippen LogP contribution in [0.15, 0.2) is 41.2 Å². The highest BCUT2D eigenvalue weighted by molar-refractivity contribution is 7.50. The van der Waals surface area contributed by atoms with E-state index in [2.05, 4.69) is 30.6 Å². The van der Waals surface area contributed by atoms with E-state index in [-0.39, 0.29) is 34.8 Å². The monoisotopic (exact) mass is 627 g/mol. The molecule has 5 rings (SSSR count). The van der Waals surface area contributed by atoms with E-state index in [0.717, 1.165) is 61.8 Å². The highest BCUT2D eigenvalue weighted by atomic mass is 32.1. The van der Waals surface area contributed by atoms with Gasteiger partial charge in [0.2, 0.25) is 5.91 Å². The summed E-state index contributed by atoms with van der Waals surface area (Å²) in [5.41, 5.74) is 3.93. The van der Waals surface area contributed by atoms with Crippen LogP contribution in [0.1, 0.15) is 78.5 Å². The number of anilines is 2. The predicted molar refractivity (Wildman–Crippen MR) is 171 cm³/mol. The lowest BCUT2D eigenvalue weighted by atomic mass is 9.81. The van der Waals surface area contributed by atoms with E-state index >= 15 is 0 Å². The Bertz CT molecular complexity index is 1380. The number of nitrogens with zero attached hydrogens (tertiary/aromatic N) is 2. The lowest BCUT2D eigenvalue weighted by Crippen LogP contribution is -2.47. The van der Waals surface area contributed by atoms with Gasteiger partial charge < -0.3 is 19.8 Å². The Morgan fingerprint density at radius 2 is 1.71 bits per heavy atom. The fourth-order valence-corrected chi connectivity index (χ4v) is 8.33. The minimum absolute atomic E-state index is 0.0551. The van der Waals surface area contributed by atoms with E-state index in [1.165, 1.54) is 22.7 Å². The molecule has 0 aliphatic heterocycles. The lowest BCUT2D eigenvalue weighted by Gasteiger charge is -2.39. The molecular formula is C31H38N3O5PS2. The molecule has 0 bridgehead atoms. The summed E-state index contributed by atoms with van der Waals surface area (Å²) in [6.07, 6.45) is 7.24. The Morgan fingerprint density at radius 3 is 2.31 bits per heavy atom. The van der Waals surface area contributed by atoms with Gasteiger partial charge in [0.05, 0.1) is 17.3 Å². The summed E-state index contributed by atoms with van der Waals surface area (Å²) in [6, 6.07) is 9.14. The van der Waals surface area contributed by atoms with Crippen molar-refractivity contribution in [3.63, 3.8) is 0 Å². The maximum atomic E-state index is 14.2. The van der Waals surface area contributed by atoms with E-state index in [1.807, 2.05) is 23.1 Å². The molecule has 2 saturated carbocycles. The van der Waals surface area contributed by atoms with Gasteiger partial charge in [-0.3, -0.25) is 9.59 Å². The lowest BCUT2D eigenvalue weighted by molar-refractivity contribution is -0.124. The van der Waals surface area contributed by atoms with Crippen LogP contribution in [0.4, 0.5) is 11.4 Å². The molecule has 11 heteroatoms. The van der Waals surface area contributed by atoms with E-state index in [9.17, 15) is 19.5 Å². The normalized spacial score (nSPS) is 22.6. The van der Waals surface area contributed by atoms with Gasteiger partial charge in [-0.1, -0.05) is 19.1 Å². The van der Waals surface area contributed by atoms with Crippen molar-refractivity contribution in [2.24, 2.45) is 11.8 Å². The Kier molecular flexibility index (Phi) is 10.1. The summed E-state index contributed by atoms with van der Waals surface area (Å²) >= 11 is 2.55. The quantitative estimate of drug-likeness (QED) is 0.233. The number of hydrogen-bond donors (Lipinski definition) is 2. The van der Waals surface area contributed by atoms with Crippen molar-refractivity contribution >= 4 is 60.0 Å². The Balaban J connectivity index is 1.42. The van der Waals surface area contributed by atoms with Crippen LogP contribution in [0.2, 0.25) is 0 Å². The van der Waals surface area contributed by atoms with Crippen molar-refractivity contribution < 1.29 is 24.0 Å². The van der Waals surface area contributed by atoms with Gasteiger partial charge in [-0.25, -0.2) is 9.78 Å². The molecule has 8 nitrogen and oxygen atoms in total. The Labute approximate surface area is 256 Å². The van der Waals surface area contributed by atoms with Crippen LogP contribution < -0.4 is 10.2 Å². The average Bonchev–Trinajstić information content (AvgIpc) is 3.66. The first-order valence-electron chi connectivity index (χ1n) is 14.5. The van der Waals surface area contributed by atoms with E-state index in [0.29, 0.717) is 23.0 Å². The number of carboxylic acid groups (broad SMARTS) is 1. The molecule has 2 heterocycles. The average molecular weight is 628 g/mol. The van der Waals surface area contributed by atoms with E-state index in [4.69, 9.17) is 4.52 Å². The maximum absolute atomic E-state index is 14.2. The van der Waals surface area contributed by atoms with E-state index < -0.39 is 14.1 Å². The molecule has 0 unspecified atom stereocenters. The van der Waals surface area contributed by atoms with Gasteiger partial charge in [0, 0.05) is 36.1 Å². The SMILES string of the molecule is CP(C)O[C@H]1CC[C@H](N(c2cc(-c3ccc(NC(=O)c4cscn4)cc3)sc2C(=O)O)C(=O)[C@H]2CC[C@H](C)CC2)CC1. The van der Waals surface area contributed by atoms with Crippen molar-refractivity contribution in [1.29, 1.82) is 0 Å². The third-order valence-corrected chi connectivity index (χ3v) is 10.7. The maximum Gasteiger partial charge on any atom is 0.348 e. The van der Waals surface area contributed by atoms with Crippen molar-refractivity contribution in [2.75, 3.05) is 23.5 Å². The number of benzene rings is 1. The number of aromatic nitrogens is 1. The van der Waals surface area contributed by atoms with Gasteiger partial charge in [0.1, 0.15) is 10.6 Å². The van der Waals surface area contributed by atoms with Gasteiger partial charge in [-0.15, -0.1) is 22.7 Å². The molecule has 2 aliphatic rings. The smallest absolute Gasteiger partial charge is 0.348 e. The van der Waals surface area contributed by atoms with Crippen LogP contribution in [0.3, 0.4) is 0 Å². The largest absolute Gasteiger partial charge is 0.477 e. The van der Waals surface area contributed by atoms with Crippen molar-refractivity contribution in [3.05, 3.63) is 51.8 Å². The number of nitrogens with one attached hydrogen (secondary N) is 1. The number of carbonyl (C=O) groups is 3. The molecule has 2 N–H and O–H groups in total. The van der Waals surface area contributed by atoms with Crippen LogP contribution in [-0.4, -0.2) is 53.3 Å². The second kappa shape index (κ2) is 13.8. The summed E-state index contributed by atoms with van der Waals surface area (Å²) in [7, 11) is -0.460. The number of carboxylic acids is 1. The van der Waals surface area contributed by atoms with Crippen LogP contribution >= 0.6 is 30.8 Å². The minimum atomic E-state index is -1.02. The topological polar surface area (TPSA) is 109 Å². The molecule has 42 heavy (non-hydrogen) atoms. The van der Waals surface area contributed by atoms with Crippen molar-refractivity contribution in [1.82, 2.24) is 4.98 Å². The first-order chi connectivity index (χ1) is 20.2. The molecule has 2 fully saturated rings. The third-order valence-electron chi connectivity index (χ3n) is 8.23. The van der Waals surface area contributed by atoms with Gasteiger partial charge >= 0.3 is 5.97 Å². The van der Waals surface area contributed by atoms with Crippen LogP contribution in [-0.2, 0) is 9.32 Å². The number of hydrogen-bond acceptors (Lipinski definition) is 7. The summed E-state index contributed by atoms with van der Waals surface area (Å²) in [5.74, 6) is -0.712. The highest BCUT2D eigenvalue weighted by Gasteiger charge is 2.38. The number of aromatic carboxylic acids is 1. The number of thiophene rings is 1. The molecule has 224 valence electrons.